The van der Waals surface area contributed by atoms with Gasteiger partial charge in [0.2, 0.25) is 0 Å². The molecule has 5 nitrogen and oxygen atoms in total. The lowest BCUT2D eigenvalue weighted by Gasteiger charge is -2.07. The van der Waals surface area contributed by atoms with Crippen molar-refractivity contribution in [2.45, 2.75) is 6.54 Å². The Balaban J connectivity index is 2.03. The van der Waals surface area contributed by atoms with E-state index in [9.17, 15) is 0 Å². The second-order valence-corrected chi connectivity index (χ2v) is 3.38. The highest BCUT2D eigenvalue weighted by Gasteiger charge is 1.98. The summed E-state index contributed by atoms with van der Waals surface area (Å²) in [4.78, 5) is 8.06. The molecule has 0 radical (unpaired) electrons. The topological polar surface area (TPSA) is 89.8 Å². The zero-order valence-corrected chi connectivity index (χ0v) is 8.72. The molecule has 0 aliphatic heterocycles. The number of rotatable bonds is 3. The first-order valence-corrected chi connectivity index (χ1v) is 4.90. The fraction of sp³-hybridized carbons (Fsp3) is 0.0909. The van der Waals surface area contributed by atoms with E-state index in [0.717, 1.165) is 5.56 Å². The van der Waals surface area contributed by atoms with Crippen LogP contribution in [0.1, 0.15) is 5.56 Å². The average molecular weight is 215 g/mol. The molecule has 0 fully saturated rings. The van der Waals surface area contributed by atoms with E-state index >= 15 is 0 Å². The number of pyridine rings is 2. The number of nitrogen functional groups attached to an aromatic ring is 2. The predicted octanol–water partition coefficient (Wildman–Crippen LogP) is 1.25. The van der Waals surface area contributed by atoms with Crippen molar-refractivity contribution < 1.29 is 0 Å². The van der Waals surface area contributed by atoms with Crippen LogP contribution in [0.25, 0.3) is 0 Å². The Morgan fingerprint density at radius 3 is 2.50 bits per heavy atom. The summed E-state index contributed by atoms with van der Waals surface area (Å²) < 4.78 is 0. The van der Waals surface area contributed by atoms with Gasteiger partial charge in [0, 0.05) is 18.9 Å². The molecule has 2 heterocycles. The van der Waals surface area contributed by atoms with Gasteiger partial charge >= 0.3 is 0 Å². The van der Waals surface area contributed by atoms with Gasteiger partial charge in [0.05, 0.1) is 5.69 Å². The molecule has 2 rings (SSSR count). The monoisotopic (exact) mass is 215 g/mol. The predicted molar refractivity (Wildman–Crippen MR) is 64.6 cm³/mol. The Kier molecular flexibility index (Phi) is 2.86. The van der Waals surface area contributed by atoms with Crippen molar-refractivity contribution in [2.24, 2.45) is 0 Å². The summed E-state index contributed by atoms with van der Waals surface area (Å²) in [5.41, 5.74) is 12.8. The minimum Gasteiger partial charge on any atom is -0.396 e. The first-order chi connectivity index (χ1) is 7.75. The normalized spacial score (nSPS) is 10.0. The molecule has 16 heavy (non-hydrogen) atoms. The van der Waals surface area contributed by atoms with Crippen LogP contribution in [0.5, 0.6) is 0 Å². The van der Waals surface area contributed by atoms with Crippen LogP contribution in [0.3, 0.4) is 0 Å². The Bertz CT molecular complexity index is 469. The third-order valence-corrected chi connectivity index (χ3v) is 2.18. The lowest BCUT2D eigenvalue weighted by Crippen LogP contribution is -2.04. The van der Waals surface area contributed by atoms with Crippen molar-refractivity contribution in [1.29, 1.82) is 0 Å². The summed E-state index contributed by atoms with van der Waals surface area (Å²) in [6.45, 7) is 0.679. The van der Waals surface area contributed by atoms with Gasteiger partial charge in [-0.3, -0.25) is 4.98 Å². The average Bonchev–Trinajstić information content (AvgIpc) is 2.32. The molecule has 0 aliphatic carbocycles. The van der Waals surface area contributed by atoms with Gasteiger partial charge in [-0.15, -0.1) is 0 Å². The summed E-state index contributed by atoms with van der Waals surface area (Å²) in [7, 11) is 0. The number of hydrogen-bond donors (Lipinski definition) is 3. The number of hydrogen-bond acceptors (Lipinski definition) is 5. The van der Waals surface area contributed by atoms with Gasteiger partial charge in [-0.05, 0) is 29.8 Å². The molecule has 0 saturated heterocycles. The molecule has 0 aromatic carbocycles. The van der Waals surface area contributed by atoms with E-state index in [1.165, 1.54) is 0 Å². The summed E-state index contributed by atoms with van der Waals surface area (Å²) >= 11 is 0. The summed E-state index contributed by atoms with van der Waals surface area (Å²) in [6, 6.07) is 7.41. The maximum Gasteiger partial charge on any atom is 0.149 e. The van der Waals surface area contributed by atoms with Crippen molar-refractivity contribution in [3.8, 4) is 0 Å². The zero-order chi connectivity index (χ0) is 11.4. The van der Waals surface area contributed by atoms with Crippen molar-refractivity contribution in [2.75, 3.05) is 16.8 Å². The first kappa shape index (κ1) is 10.2. The molecule has 2 aromatic rings. The SMILES string of the molecule is Nc1ccc(NCc2ccncc2)nc1N. The molecule has 0 unspecified atom stereocenters. The fourth-order valence-electron chi connectivity index (χ4n) is 1.28. The number of aromatic nitrogens is 2. The lowest BCUT2D eigenvalue weighted by molar-refractivity contribution is 1.10. The summed E-state index contributed by atoms with van der Waals surface area (Å²) in [6.07, 6.45) is 3.50. The van der Waals surface area contributed by atoms with Crippen molar-refractivity contribution in [3.63, 3.8) is 0 Å². The van der Waals surface area contributed by atoms with Crippen molar-refractivity contribution in [1.82, 2.24) is 9.97 Å². The maximum atomic E-state index is 5.60. The van der Waals surface area contributed by atoms with Crippen LogP contribution in [-0.4, -0.2) is 9.97 Å². The number of anilines is 3. The number of nitrogens with two attached hydrogens (primary N) is 2. The smallest absolute Gasteiger partial charge is 0.149 e. The third kappa shape index (κ3) is 2.38. The molecule has 82 valence electrons. The molecule has 0 atom stereocenters. The minimum absolute atomic E-state index is 0.347. The Labute approximate surface area is 93.5 Å². The molecule has 0 aliphatic rings. The van der Waals surface area contributed by atoms with Gasteiger partial charge in [-0.2, -0.15) is 0 Å². The third-order valence-electron chi connectivity index (χ3n) is 2.18. The van der Waals surface area contributed by atoms with Gasteiger partial charge in [0.25, 0.3) is 0 Å². The van der Waals surface area contributed by atoms with Crippen molar-refractivity contribution in [3.05, 3.63) is 42.2 Å². The van der Waals surface area contributed by atoms with Gasteiger partial charge in [-0.25, -0.2) is 4.98 Å². The van der Waals surface area contributed by atoms with Crippen LogP contribution in [0, 0.1) is 0 Å². The van der Waals surface area contributed by atoms with E-state index in [0.29, 0.717) is 23.9 Å². The molecule has 0 bridgehead atoms. The van der Waals surface area contributed by atoms with E-state index in [2.05, 4.69) is 15.3 Å². The van der Waals surface area contributed by atoms with Gasteiger partial charge in [0.15, 0.2) is 0 Å². The van der Waals surface area contributed by atoms with Crippen LogP contribution in [-0.2, 0) is 6.54 Å². The van der Waals surface area contributed by atoms with Crippen LogP contribution in [0.15, 0.2) is 36.7 Å². The molecule has 0 amide bonds. The van der Waals surface area contributed by atoms with Crippen LogP contribution < -0.4 is 16.8 Å². The molecule has 0 spiro atoms. The first-order valence-electron chi connectivity index (χ1n) is 4.90. The molecular weight excluding hydrogens is 202 g/mol. The van der Waals surface area contributed by atoms with Gasteiger partial charge in [0.1, 0.15) is 11.6 Å². The Morgan fingerprint density at radius 1 is 1.06 bits per heavy atom. The molecular formula is C11H13N5. The van der Waals surface area contributed by atoms with E-state index in [1.807, 2.05) is 12.1 Å². The van der Waals surface area contributed by atoms with Gasteiger partial charge in [-0.1, -0.05) is 0 Å². The van der Waals surface area contributed by atoms with Gasteiger partial charge < -0.3 is 16.8 Å². The maximum absolute atomic E-state index is 5.60. The van der Waals surface area contributed by atoms with Crippen LogP contribution in [0.4, 0.5) is 17.3 Å². The van der Waals surface area contributed by atoms with E-state index in [4.69, 9.17) is 11.5 Å². The zero-order valence-electron chi connectivity index (χ0n) is 8.72. The highest BCUT2D eigenvalue weighted by atomic mass is 15.0. The van der Waals surface area contributed by atoms with E-state index in [-0.39, 0.29) is 0 Å². The van der Waals surface area contributed by atoms with Crippen LogP contribution >= 0.6 is 0 Å². The minimum atomic E-state index is 0.347. The second kappa shape index (κ2) is 4.48. The Hall–Kier alpha value is -2.30. The number of nitrogens with one attached hydrogen (secondary N) is 1. The van der Waals surface area contributed by atoms with E-state index < -0.39 is 0 Å². The highest BCUT2D eigenvalue weighted by Crippen LogP contribution is 2.15. The Morgan fingerprint density at radius 2 is 1.81 bits per heavy atom. The molecule has 5 N–H and O–H groups in total. The van der Waals surface area contributed by atoms with Crippen LogP contribution in [0.2, 0.25) is 0 Å². The second-order valence-electron chi connectivity index (χ2n) is 3.38. The summed E-state index contributed by atoms with van der Waals surface area (Å²) in [5.74, 6) is 1.06. The highest BCUT2D eigenvalue weighted by molar-refractivity contribution is 5.61. The largest absolute Gasteiger partial charge is 0.396 e. The van der Waals surface area contributed by atoms with E-state index in [1.54, 1.807) is 24.5 Å². The van der Waals surface area contributed by atoms with Crippen molar-refractivity contribution >= 4 is 17.3 Å². The fourth-order valence-corrected chi connectivity index (χ4v) is 1.28. The lowest BCUT2D eigenvalue weighted by atomic mass is 10.3. The molecule has 2 aromatic heterocycles. The quantitative estimate of drug-likeness (QED) is 0.717. The number of nitrogens with zero attached hydrogens (tertiary/aromatic N) is 2. The summed E-state index contributed by atoms with van der Waals surface area (Å²) in [5, 5.41) is 3.15. The molecule has 5 heteroatoms. The standard InChI is InChI=1S/C11H13N5/c12-9-1-2-10(16-11(9)13)15-7-8-3-5-14-6-4-8/h1-6H,7,12H2,(H3,13,15,16). The molecule has 0 saturated carbocycles.